The van der Waals surface area contributed by atoms with Crippen molar-refractivity contribution < 1.29 is 42.8 Å². The van der Waals surface area contributed by atoms with Gasteiger partial charge in [0.2, 0.25) is 0 Å². The van der Waals surface area contributed by atoms with E-state index in [0.29, 0.717) is 0 Å². The standard InChI is InChI=1S/CN.Nb.Ti/c1-2;;. The molecule has 0 heterocycles. The molecule has 0 aliphatic heterocycles. The first kappa shape index (κ1) is 8.87. The monoisotopic (exact) mass is 167 g/mol. The van der Waals surface area contributed by atoms with Crippen LogP contribution in [0.4, 0.5) is 0 Å². The Morgan fingerprint density at radius 2 is 1.75 bits per heavy atom. The third-order valence-electron chi connectivity index (χ3n) is 0. The fourth-order valence-electron chi connectivity index (χ4n) is 0. The molecule has 4 heavy (non-hydrogen) atoms. The van der Waals surface area contributed by atoms with E-state index in [1.807, 2.05) is 0 Å². The summed E-state index contributed by atoms with van der Waals surface area (Å²) in [7, 11) is 0. The molecule has 0 rings (SSSR count). The van der Waals surface area contributed by atoms with Crippen molar-refractivity contribution >= 4 is 0 Å². The van der Waals surface area contributed by atoms with Gasteiger partial charge < -0.3 is 0 Å². The minimum absolute atomic E-state index is 0. The molecule has 0 unspecified atom stereocenters. The first-order valence-corrected chi connectivity index (χ1v) is 1.55. The summed E-state index contributed by atoms with van der Waals surface area (Å²) in [6.45, 7) is 0. The molecular formula is CNNbTi. The van der Waals surface area contributed by atoms with Crippen molar-refractivity contribution in [2.75, 3.05) is 0 Å². The Morgan fingerprint density at radius 3 is 1.75 bits per heavy atom. The first-order chi connectivity index (χ1) is 1.41. The van der Waals surface area contributed by atoms with E-state index in [9.17, 15) is 0 Å². The summed E-state index contributed by atoms with van der Waals surface area (Å²) in [5, 5.41) is 7.34. The largest absolute Gasteiger partial charge is 0 e. The van der Waals surface area contributed by atoms with Crippen molar-refractivity contribution in [3.05, 3.63) is 0 Å². The molecule has 0 saturated carbocycles. The summed E-state index contributed by atoms with van der Waals surface area (Å²) in [6, 6.07) is 0. The van der Waals surface area contributed by atoms with Crippen LogP contribution in [-0.4, -0.2) is 0 Å². The molecule has 3 heteroatoms. The molecule has 0 radical (unpaired) electrons. The van der Waals surface area contributed by atoms with E-state index in [1.165, 1.54) is 0 Å². The van der Waals surface area contributed by atoms with Crippen LogP contribution < -0.4 is 0 Å². The van der Waals surface area contributed by atoms with Crippen LogP contribution in [0.5, 0.6) is 0 Å². The minimum atomic E-state index is 0. The second-order valence-corrected chi connectivity index (χ2v) is 0.592. The number of rotatable bonds is 0. The zero-order valence-electron chi connectivity index (χ0n) is 1.89. The van der Waals surface area contributed by atoms with Gasteiger partial charge in [0.15, 0.2) is 0 Å². The second kappa shape index (κ2) is 9.04. The van der Waals surface area contributed by atoms with Crippen LogP contribution in [0.25, 0.3) is 0 Å². The van der Waals surface area contributed by atoms with Crippen molar-refractivity contribution in [2.24, 2.45) is 0 Å². The zero-order chi connectivity index (χ0) is 2.71. The Bertz CT molecular complexity index is 29.5. The van der Waals surface area contributed by atoms with E-state index < -0.39 is 0 Å². The number of nitriles is 1. The summed E-state index contributed by atoms with van der Waals surface area (Å²) >= 11 is 1.16. The number of hydrogen-bond donors (Lipinski definition) is 0. The summed E-state index contributed by atoms with van der Waals surface area (Å²) in [4.78, 5) is 0. The van der Waals surface area contributed by atoms with Crippen LogP contribution in [-0.2, 0) is 42.8 Å². The Balaban J connectivity index is 0. The van der Waals surface area contributed by atoms with Crippen molar-refractivity contribution in [3.8, 4) is 4.29 Å². The van der Waals surface area contributed by atoms with Crippen molar-refractivity contribution in [1.82, 2.24) is 0 Å². The SMILES string of the molecule is N#[C][Nb].[Ti]. The van der Waals surface area contributed by atoms with Gasteiger partial charge in [0.05, 0.1) is 0 Å². The van der Waals surface area contributed by atoms with Gasteiger partial charge in [0.25, 0.3) is 0 Å². The molecule has 0 fully saturated rings. The molecule has 0 aromatic carbocycles. The van der Waals surface area contributed by atoms with Gasteiger partial charge >= 0.3 is 30.6 Å². The molecule has 0 aromatic heterocycles. The minimum Gasteiger partial charge on any atom is 0 e. The molecular weight excluding hydrogens is 167 g/mol. The Hall–Kier alpha value is 0.945. The van der Waals surface area contributed by atoms with Gasteiger partial charge in [-0.2, -0.15) is 0 Å². The van der Waals surface area contributed by atoms with Crippen LogP contribution in [0, 0.1) is 9.55 Å². The molecule has 18 valence electrons. The van der Waals surface area contributed by atoms with Crippen LogP contribution in [0.2, 0.25) is 0 Å². The number of hydrogen-bond acceptors (Lipinski definition) is 1. The second-order valence-electron chi connectivity index (χ2n) is 0.100. The molecule has 0 aromatic rings. The van der Waals surface area contributed by atoms with Gasteiger partial charge in [0.1, 0.15) is 0 Å². The Morgan fingerprint density at radius 1 is 1.75 bits per heavy atom. The Labute approximate surface area is 52.2 Å². The summed E-state index contributed by atoms with van der Waals surface area (Å²) in [5.41, 5.74) is 0. The molecule has 0 N–H and O–H groups in total. The summed E-state index contributed by atoms with van der Waals surface area (Å²) in [6.07, 6.45) is 0. The Kier molecular flexibility index (Phi) is 20.1. The zero-order valence-corrected chi connectivity index (χ0v) is 5.65. The third-order valence-corrected chi connectivity index (χ3v) is 0. The van der Waals surface area contributed by atoms with Crippen molar-refractivity contribution in [1.29, 1.82) is 5.26 Å². The van der Waals surface area contributed by atoms with Gasteiger partial charge in [-0.15, -0.1) is 0 Å². The number of nitrogens with zero attached hydrogens (tertiary/aromatic N) is 1. The van der Waals surface area contributed by atoms with E-state index in [1.54, 1.807) is 4.29 Å². The van der Waals surface area contributed by atoms with E-state index in [2.05, 4.69) is 0 Å². The maximum absolute atomic E-state index is 7.34. The van der Waals surface area contributed by atoms with E-state index in [0.717, 1.165) is 21.1 Å². The molecule has 0 saturated heterocycles. The van der Waals surface area contributed by atoms with Crippen LogP contribution >= 0.6 is 0 Å². The predicted octanol–water partition coefficient (Wildman–Crippen LogP) is 0.0118. The van der Waals surface area contributed by atoms with Crippen LogP contribution in [0.1, 0.15) is 0 Å². The molecule has 0 aliphatic rings. The van der Waals surface area contributed by atoms with E-state index in [4.69, 9.17) is 5.26 Å². The van der Waals surface area contributed by atoms with Crippen LogP contribution in [0.3, 0.4) is 0 Å². The van der Waals surface area contributed by atoms with E-state index >= 15 is 0 Å². The molecule has 0 spiro atoms. The van der Waals surface area contributed by atoms with Gasteiger partial charge in [-0.3, -0.25) is 0 Å². The van der Waals surface area contributed by atoms with Crippen LogP contribution in [0.15, 0.2) is 0 Å². The smallest absolute Gasteiger partial charge is 0 e. The predicted molar refractivity (Wildman–Crippen MR) is 5.61 cm³/mol. The molecule has 1 nitrogen and oxygen atoms in total. The molecule has 0 atom stereocenters. The van der Waals surface area contributed by atoms with E-state index in [-0.39, 0.29) is 21.7 Å². The quantitative estimate of drug-likeness (QED) is 0.466. The maximum Gasteiger partial charge on any atom is 0 e. The third kappa shape index (κ3) is 12.5. The van der Waals surface area contributed by atoms with Gasteiger partial charge in [-0.1, -0.05) is 0 Å². The average Bonchev–Trinajstić information content (AvgIpc) is 0.918. The summed E-state index contributed by atoms with van der Waals surface area (Å²) in [5.74, 6) is 0. The van der Waals surface area contributed by atoms with Gasteiger partial charge in [-0.05, 0) is 0 Å². The fourth-order valence-corrected chi connectivity index (χ4v) is 0. The summed E-state index contributed by atoms with van der Waals surface area (Å²) < 4.78 is 1.80. The van der Waals surface area contributed by atoms with Gasteiger partial charge in [-0.25, -0.2) is 0 Å². The first-order valence-electron chi connectivity index (χ1n) is 0.447. The van der Waals surface area contributed by atoms with Crippen molar-refractivity contribution in [2.45, 2.75) is 0 Å². The molecule has 0 amide bonds. The average molecular weight is 167 g/mol. The normalized spacial score (nSPS) is 1.75. The maximum atomic E-state index is 7.34. The van der Waals surface area contributed by atoms with Crippen molar-refractivity contribution in [3.63, 3.8) is 0 Å². The topological polar surface area (TPSA) is 23.8 Å². The fraction of sp³-hybridized carbons (Fsp3) is 0. The van der Waals surface area contributed by atoms with Gasteiger partial charge in [0, 0.05) is 21.7 Å². The molecule has 0 bridgehead atoms. The molecule has 0 aliphatic carbocycles.